The van der Waals surface area contributed by atoms with E-state index < -0.39 is 0 Å². The summed E-state index contributed by atoms with van der Waals surface area (Å²) in [5.41, 5.74) is 3.31. The first-order valence-corrected chi connectivity index (χ1v) is 9.89. The average molecular weight is 416 g/mol. The summed E-state index contributed by atoms with van der Waals surface area (Å²) in [5.74, 6) is 1.29. The quantitative estimate of drug-likeness (QED) is 0.440. The lowest BCUT2D eigenvalue weighted by Gasteiger charge is -2.14. The highest BCUT2D eigenvalue weighted by atomic mass is 35.5. The van der Waals surface area contributed by atoms with Crippen LogP contribution in [-0.4, -0.2) is 13.7 Å². The van der Waals surface area contributed by atoms with Gasteiger partial charge in [0.15, 0.2) is 11.5 Å². The third-order valence-corrected chi connectivity index (χ3v) is 4.99. The van der Waals surface area contributed by atoms with Crippen molar-refractivity contribution in [2.24, 2.45) is 0 Å². The minimum absolute atomic E-state index is 0.415. The average Bonchev–Trinajstić information content (AvgIpc) is 2.72. The molecule has 3 aromatic carbocycles. The topological polar surface area (TPSA) is 30.5 Å². The van der Waals surface area contributed by atoms with E-state index in [0.717, 1.165) is 24.1 Å². The minimum atomic E-state index is 0.415. The first kappa shape index (κ1) is 20.5. The number of halogens is 2. The van der Waals surface area contributed by atoms with E-state index >= 15 is 0 Å². The Hall–Kier alpha value is -2.20. The predicted molar refractivity (Wildman–Crippen MR) is 116 cm³/mol. The molecule has 0 heterocycles. The summed E-state index contributed by atoms with van der Waals surface area (Å²) < 4.78 is 11.4. The van der Waals surface area contributed by atoms with Crippen LogP contribution in [0.5, 0.6) is 11.5 Å². The van der Waals surface area contributed by atoms with Crippen molar-refractivity contribution in [2.75, 3.05) is 13.7 Å². The van der Waals surface area contributed by atoms with Gasteiger partial charge in [0.05, 0.1) is 7.11 Å². The fourth-order valence-electron chi connectivity index (χ4n) is 2.83. The smallest absolute Gasteiger partial charge is 0.163 e. The SMILES string of the molecule is COc1cc(CNCCc2ccccc2)c(Cl)cc1OCc1ccc(Cl)cc1. The Morgan fingerprint density at radius 1 is 0.857 bits per heavy atom. The van der Waals surface area contributed by atoms with Gasteiger partial charge in [0, 0.05) is 22.7 Å². The Labute approximate surface area is 176 Å². The van der Waals surface area contributed by atoms with Crippen LogP contribution in [0.3, 0.4) is 0 Å². The predicted octanol–water partition coefficient (Wildman–Crippen LogP) is 5.91. The van der Waals surface area contributed by atoms with Gasteiger partial charge in [-0.3, -0.25) is 0 Å². The van der Waals surface area contributed by atoms with Crippen molar-refractivity contribution in [1.29, 1.82) is 0 Å². The second-order valence-corrected chi connectivity index (χ2v) is 7.27. The van der Waals surface area contributed by atoms with Crippen LogP contribution in [0.1, 0.15) is 16.7 Å². The van der Waals surface area contributed by atoms with Crippen molar-refractivity contribution in [3.05, 3.63) is 93.5 Å². The monoisotopic (exact) mass is 415 g/mol. The van der Waals surface area contributed by atoms with Crippen LogP contribution in [0.15, 0.2) is 66.7 Å². The highest BCUT2D eigenvalue weighted by Crippen LogP contribution is 2.34. The fourth-order valence-corrected chi connectivity index (χ4v) is 3.17. The Morgan fingerprint density at radius 2 is 1.61 bits per heavy atom. The second-order valence-electron chi connectivity index (χ2n) is 6.42. The molecule has 0 fully saturated rings. The van der Waals surface area contributed by atoms with Crippen LogP contribution in [-0.2, 0) is 19.6 Å². The summed E-state index contributed by atoms with van der Waals surface area (Å²) in [6.07, 6.45) is 0.970. The zero-order chi connectivity index (χ0) is 19.8. The van der Waals surface area contributed by atoms with E-state index in [-0.39, 0.29) is 0 Å². The second kappa shape index (κ2) is 10.4. The fraction of sp³-hybridized carbons (Fsp3) is 0.217. The van der Waals surface area contributed by atoms with Crippen LogP contribution in [0.2, 0.25) is 10.0 Å². The van der Waals surface area contributed by atoms with Gasteiger partial charge in [0.25, 0.3) is 0 Å². The molecule has 3 rings (SSSR count). The van der Waals surface area contributed by atoms with Gasteiger partial charge in [0.2, 0.25) is 0 Å². The van der Waals surface area contributed by atoms with Gasteiger partial charge in [-0.15, -0.1) is 0 Å². The van der Waals surface area contributed by atoms with Gasteiger partial charge in [-0.2, -0.15) is 0 Å². The molecule has 0 aliphatic heterocycles. The van der Waals surface area contributed by atoms with Crippen molar-refractivity contribution in [3.8, 4) is 11.5 Å². The maximum Gasteiger partial charge on any atom is 0.163 e. The molecule has 0 radical (unpaired) electrons. The molecule has 0 spiro atoms. The third-order valence-electron chi connectivity index (χ3n) is 4.39. The van der Waals surface area contributed by atoms with E-state index in [2.05, 4.69) is 29.6 Å². The molecule has 0 aliphatic carbocycles. The molecule has 3 nitrogen and oxygen atoms in total. The zero-order valence-corrected chi connectivity index (χ0v) is 17.3. The molecule has 3 aromatic rings. The maximum absolute atomic E-state index is 6.46. The summed E-state index contributed by atoms with van der Waals surface area (Å²) in [4.78, 5) is 0. The lowest BCUT2D eigenvalue weighted by atomic mass is 10.1. The molecule has 0 atom stereocenters. The van der Waals surface area contributed by atoms with E-state index in [9.17, 15) is 0 Å². The molecule has 0 bridgehead atoms. The summed E-state index contributed by atoms with van der Waals surface area (Å²) in [7, 11) is 1.63. The summed E-state index contributed by atoms with van der Waals surface area (Å²) >= 11 is 12.4. The van der Waals surface area contributed by atoms with E-state index in [1.165, 1.54) is 5.56 Å². The van der Waals surface area contributed by atoms with E-state index in [1.54, 1.807) is 7.11 Å². The summed E-state index contributed by atoms with van der Waals surface area (Å²) in [5, 5.41) is 4.79. The minimum Gasteiger partial charge on any atom is -0.493 e. The van der Waals surface area contributed by atoms with Crippen LogP contribution in [0.4, 0.5) is 0 Å². The van der Waals surface area contributed by atoms with Gasteiger partial charge in [0.1, 0.15) is 6.61 Å². The Balaban J connectivity index is 1.58. The number of nitrogens with one attached hydrogen (secondary N) is 1. The summed E-state index contributed by atoms with van der Waals surface area (Å²) in [6, 6.07) is 21.7. The Kier molecular flexibility index (Phi) is 7.61. The third kappa shape index (κ3) is 5.90. The molecule has 1 N–H and O–H groups in total. The van der Waals surface area contributed by atoms with Gasteiger partial charge in [-0.25, -0.2) is 0 Å². The van der Waals surface area contributed by atoms with Crippen LogP contribution >= 0.6 is 23.2 Å². The lowest BCUT2D eigenvalue weighted by molar-refractivity contribution is 0.284. The van der Waals surface area contributed by atoms with Crippen LogP contribution < -0.4 is 14.8 Å². The van der Waals surface area contributed by atoms with E-state index in [1.807, 2.05) is 42.5 Å². The zero-order valence-electron chi connectivity index (χ0n) is 15.8. The van der Waals surface area contributed by atoms with Crippen molar-refractivity contribution in [1.82, 2.24) is 5.32 Å². The Bertz CT molecular complexity index is 883. The molecular weight excluding hydrogens is 393 g/mol. The molecule has 146 valence electrons. The molecule has 0 aromatic heterocycles. The van der Waals surface area contributed by atoms with Gasteiger partial charge < -0.3 is 14.8 Å². The van der Waals surface area contributed by atoms with Gasteiger partial charge in [-0.05, 0) is 47.9 Å². The largest absolute Gasteiger partial charge is 0.493 e. The first-order chi connectivity index (χ1) is 13.7. The van der Waals surface area contributed by atoms with Gasteiger partial charge in [-0.1, -0.05) is 65.7 Å². The lowest BCUT2D eigenvalue weighted by Crippen LogP contribution is -2.17. The Morgan fingerprint density at radius 3 is 2.32 bits per heavy atom. The number of benzene rings is 3. The normalized spacial score (nSPS) is 10.7. The standard InChI is InChI=1S/C23H23Cl2NO2/c1-27-22-13-19(15-26-12-11-17-5-3-2-4-6-17)21(25)14-23(22)28-16-18-7-9-20(24)10-8-18/h2-10,13-14,26H,11-12,15-16H2,1H3. The van der Waals surface area contributed by atoms with Crippen molar-refractivity contribution < 1.29 is 9.47 Å². The molecule has 0 aliphatic rings. The first-order valence-electron chi connectivity index (χ1n) is 9.14. The van der Waals surface area contributed by atoms with Gasteiger partial charge >= 0.3 is 0 Å². The van der Waals surface area contributed by atoms with Crippen molar-refractivity contribution >= 4 is 23.2 Å². The molecular formula is C23H23Cl2NO2. The maximum atomic E-state index is 6.46. The highest BCUT2D eigenvalue weighted by molar-refractivity contribution is 6.31. The van der Waals surface area contributed by atoms with E-state index in [4.69, 9.17) is 32.7 Å². The molecule has 0 amide bonds. The summed E-state index contributed by atoms with van der Waals surface area (Å²) in [6.45, 7) is 1.95. The van der Waals surface area contributed by atoms with Crippen molar-refractivity contribution in [3.63, 3.8) is 0 Å². The van der Waals surface area contributed by atoms with Crippen molar-refractivity contribution in [2.45, 2.75) is 19.6 Å². The molecule has 0 unspecified atom stereocenters. The van der Waals surface area contributed by atoms with Crippen LogP contribution in [0, 0.1) is 0 Å². The van der Waals surface area contributed by atoms with E-state index in [0.29, 0.717) is 34.7 Å². The number of hydrogen-bond donors (Lipinski definition) is 1. The molecule has 5 heteroatoms. The molecule has 0 saturated heterocycles. The van der Waals surface area contributed by atoms with Crippen LogP contribution in [0.25, 0.3) is 0 Å². The number of hydrogen-bond acceptors (Lipinski definition) is 3. The number of ether oxygens (including phenoxy) is 2. The highest BCUT2D eigenvalue weighted by Gasteiger charge is 2.11. The number of methoxy groups -OCH3 is 1. The number of rotatable bonds is 9. The molecule has 0 saturated carbocycles. The molecule has 28 heavy (non-hydrogen) atoms.